The lowest BCUT2D eigenvalue weighted by atomic mass is 10.2. The van der Waals surface area contributed by atoms with E-state index in [1.807, 2.05) is 38.1 Å². The van der Waals surface area contributed by atoms with E-state index < -0.39 is 0 Å². The SMILES string of the molecule is CC(C)Oc1cccc(-c2n[nH]c(=S)n2/N=C\c2ccccc2F)c1. The summed E-state index contributed by atoms with van der Waals surface area (Å²) in [7, 11) is 0. The Hall–Kier alpha value is -2.80. The number of rotatable bonds is 5. The van der Waals surface area contributed by atoms with E-state index >= 15 is 0 Å². The monoisotopic (exact) mass is 356 g/mol. The fourth-order valence-electron chi connectivity index (χ4n) is 2.27. The largest absolute Gasteiger partial charge is 0.491 e. The lowest BCUT2D eigenvalue weighted by molar-refractivity contribution is 0.242. The molecule has 0 atom stereocenters. The van der Waals surface area contributed by atoms with Gasteiger partial charge in [0.05, 0.1) is 12.3 Å². The van der Waals surface area contributed by atoms with Gasteiger partial charge in [-0.3, -0.25) is 0 Å². The minimum atomic E-state index is -0.352. The smallest absolute Gasteiger partial charge is 0.216 e. The molecule has 1 N–H and O–H groups in total. The molecule has 25 heavy (non-hydrogen) atoms. The van der Waals surface area contributed by atoms with Crippen molar-refractivity contribution in [3.8, 4) is 17.1 Å². The Bertz CT molecular complexity index is 961. The van der Waals surface area contributed by atoms with E-state index in [0.717, 1.165) is 11.3 Å². The molecule has 2 aromatic carbocycles. The number of H-pyrrole nitrogens is 1. The van der Waals surface area contributed by atoms with Crippen LogP contribution in [0.25, 0.3) is 11.4 Å². The molecule has 128 valence electrons. The lowest BCUT2D eigenvalue weighted by Gasteiger charge is -2.10. The summed E-state index contributed by atoms with van der Waals surface area (Å²) in [6, 6.07) is 13.9. The summed E-state index contributed by atoms with van der Waals surface area (Å²) in [5.41, 5.74) is 1.16. The maximum absolute atomic E-state index is 13.8. The van der Waals surface area contributed by atoms with Gasteiger partial charge in [0, 0.05) is 11.1 Å². The van der Waals surface area contributed by atoms with Gasteiger partial charge in [-0.15, -0.1) is 0 Å². The molecule has 7 heteroatoms. The number of hydrogen-bond acceptors (Lipinski definition) is 4. The minimum Gasteiger partial charge on any atom is -0.491 e. The average Bonchev–Trinajstić information content (AvgIpc) is 2.95. The quantitative estimate of drug-likeness (QED) is 0.544. The fourth-order valence-corrected chi connectivity index (χ4v) is 2.45. The van der Waals surface area contributed by atoms with Gasteiger partial charge < -0.3 is 4.74 Å². The molecule has 0 aliphatic rings. The Kier molecular flexibility index (Phi) is 5.04. The molecule has 5 nitrogen and oxygen atoms in total. The molecule has 1 heterocycles. The predicted octanol–water partition coefficient (Wildman–Crippen LogP) is 4.42. The highest BCUT2D eigenvalue weighted by molar-refractivity contribution is 7.71. The summed E-state index contributed by atoms with van der Waals surface area (Å²) in [6.45, 7) is 3.92. The van der Waals surface area contributed by atoms with Gasteiger partial charge >= 0.3 is 0 Å². The summed E-state index contributed by atoms with van der Waals surface area (Å²) >= 11 is 5.23. The highest BCUT2D eigenvalue weighted by Crippen LogP contribution is 2.23. The second kappa shape index (κ2) is 7.40. The van der Waals surface area contributed by atoms with E-state index in [4.69, 9.17) is 17.0 Å². The molecule has 0 aliphatic carbocycles. The lowest BCUT2D eigenvalue weighted by Crippen LogP contribution is -2.05. The van der Waals surface area contributed by atoms with Crippen LogP contribution in [0.3, 0.4) is 0 Å². The third-order valence-electron chi connectivity index (χ3n) is 3.33. The van der Waals surface area contributed by atoms with Crippen LogP contribution in [-0.2, 0) is 0 Å². The topological polar surface area (TPSA) is 55.2 Å². The van der Waals surface area contributed by atoms with Crippen LogP contribution in [0.15, 0.2) is 53.6 Å². The van der Waals surface area contributed by atoms with Gasteiger partial charge in [-0.05, 0) is 44.3 Å². The summed E-state index contributed by atoms with van der Waals surface area (Å²) in [5.74, 6) is 0.896. The Balaban J connectivity index is 1.98. The van der Waals surface area contributed by atoms with Crippen LogP contribution in [0.5, 0.6) is 5.75 Å². The molecule has 1 aromatic heterocycles. The van der Waals surface area contributed by atoms with Crippen LogP contribution < -0.4 is 4.74 Å². The van der Waals surface area contributed by atoms with E-state index in [1.54, 1.807) is 18.2 Å². The maximum atomic E-state index is 13.8. The van der Waals surface area contributed by atoms with Crippen molar-refractivity contribution in [1.29, 1.82) is 0 Å². The molecule has 0 aliphatic heterocycles. The number of halogens is 1. The van der Waals surface area contributed by atoms with Crippen molar-refractivity contribution >= 4 is 18.4 Å². The van der Waals surface area contributed by atoms with Gasteiger partial charge in [0.25, 0.3) is 0 Å². The highest BCUT2D eigenvalue weighted by Gasteiger charge is 2.10. The fraction of sp³-hybridized carbons (Fsp3) is 0.167. The van der Waals surface area contributed by atoms with Crippen LogP contribution in [0.4, 0.5) is 4.39 Å². The van der Waals surface area contributed by atoms with E-state index in [9.17, 15) is 4.39 Å². The molecular weight excluding hydrogens is 339 g/mol. The predicted molar refractivity (Wildman–Crippen MR) is 98.0 cm³/mol. The molecule has 0 bridgehead atoms. The van der Waals surface area contributed by atoms with Crippen molar-refractivity contribution < 1.29 is 9.13 Å². The zero-order valence-corrected chi connectivity index (χ0v) is 14.6. The molecule has 0 unspecified atom stereocenters. The van der Waals surface area contributed by atoms with Crippen molar-refractivity contribution in [2.75, 3.05) is 0 Å². The van der Waals surface area contributed by atoms with Gasteiger partial charge in [-0.2, -0.15) is 14.9 Å². The Morgan fingerprint density at radius 2 is 2.04 bits per heavy atom. The number of hydrogen-bond donors (Lipinski definition) is 1. The molecule has 0 radical (unpaired) electrons. The Morgan fingerprint density at radius 3 is 2.80 bits per heavy atom. The van der Waals surface area contributed by atoms with Gasteiger partial charge in [0.15, 0.2) is 5.82 Å². The van der Waals surface area contributed by atoms with Crippen LogP contribution in [-0.4, -0.2) is 27.2 Å². The normalized spacial score (nSPS) is 11.4. The van der Waals surface area contributed by atoms with E-state index in [2.05, 4.69) is 15.3 Å². The van der Waals surface area contributed by atoms with Gasteiger partial charge in [-0.25, -0.2) is 9.49 Å². The maximum Gasteiger partial charge on any atom is 0.216 e. The third kappa shape index (κ3) is 4.00. The summed E-state index contributed by atoms with van der Waals surface area (Å²) < 4.78 is 21.2. The second-order valence-corrected chi connectivity index (χ2v) is 6.01. The van der Waals surface area contributed by atoms with Crippen LogP contribution in [0.2, 0.25) is 0 Å². The first-order valence-corrected chi connectivity index (χ1v) is 8.19. The molecule has 0 saturated carbocycles. The van der Waals surface area contributed by atoms with E-state index in [0.29, 0.717) is 16.2 Å². The second-order valence-electron chi connectivity index (χ2n) is 5.62. The zero-order valence-electron chi connectivity index (χ0n) is 13.8. The molecule has 3 rings (SSSR count). The third-order valence-corrected chi connectivity index (χ3v) is 3.60. The van der Waals surface area contributed by atoms with E-state index in [-0.39, 0.29) is 11.9 Å². The van der Waals surface area contributed by atoms with Crippen molar-refractivity contribution in [1.82, 2.24) is 14.9 Å². The van der Waals surface area contributed by atoms with Crippen molar-refractivity contribution in [3.05, 3.63) is 64.7 Å². The number of ether oxygens (including phenoxy) is 1. The first kappa shape index (κ1) is 17.0. The van der Waals surface area contributed by atoms with Crippen LogP contribution >= 0.6 is 12.2 Å². The Morgan fingerprint density at radius 1 is 1.24 bits per heavy atom. The van der Waals surface area contributed by atoms with Gasteiger partial charge in [-0.1, -0.05) is 30.3 Å². The molecule has 0 saturated heterocycles. The van der Waals surface area contributed by atoms with Crippen molar-refractivity contribution in [2.45, 2.75) is 20.0 Å². The average molecular weight is 356 g/mol. The molecule has 3 aromatic rings. The van der Waals surface area contributed by atoms with Crippen LogP contribution in [0.1, 0.15) is 19.4 Å². The minimum absolute atomic E-state index is 0.0650. The van der Waals surface area contributed by atoms with E-state index in [1.165, 1.54) is 17.0 Å². The molecular formula is C18H17FN4OS. The Labute approximate surface area is 149 Å². The molecule has 0 spiro atoms. The number of aromatic amines is 1. The summed E-state index contributed by atoms with van der Waals surface area (Å²) in [5, 5.41) is 11.2. The standard InChI is InChI=1S/C18H17FN4OS/c1-12(2)24-15-8-5-7-13(10-15)17-21-22-18(25)23(17)20-11-14-6-3-4-9-16(14)19/h3-12H,1-2H3,(H,22,25)/b20-11-. The van der Waals surface area contributed by atoms with Gasteiger partial charge in [0.2, 0.25) is 4.77 Å². The number of aromatic nitrogens is 3. The van der Waals surface area contributed by atoms with Gasteiger partial charge in [0.1, 0.15) is 11.6 Å². The first-order chi connectivity index (χ1) is 12.0. The number of nitrogens with one attached hydrogen (secondary N) is 1. The molecule has 0 amide bonds. The van der Waals surface area contributed by atoms with Crippen LogP contribution in [0, 0.1) is 10.6 Å². The summed E-state index contributed by atoms with van der Waals surface area (Å²) in [4.78, 5) is 0. The number of benzene rings is 2. The zero-order chi connectivity index (χ0) is 17.8. The van der Waals surface area contributed by atoms with Crippen molar-refractivity contribution in [3.63, 3.8) is 0 Å². The highest BCUT2D eigenvalue weighted by atomic mass is 32.1. The van der Waals surface area contributed by atoms with Crippen molar-refractivity contribution in [2.24, 2.45) is 5.10 Å². The summed E-state index contributed by atoms with van der Waals surface area (Å²) in [6.07, 6.45) is 1.48. The number of nitrogens with zero attached hydrogens (tertiary/aromatic N) is 3. The first-order valence-electron chi connectivity index (χ1n) is 7.78. The molecule has 0 fully saturated rings.